The Bertz CT molecular complexity index is 332. The summed E-state index contributed by atoms with van der Waals surface area (Å²) in [6.45, 7) is 5.24. The molecule has 0 amide bonds. The molecule has 0 unspecified atom stereocenters. The molecule has 0 aliphatic heterocycles. The molecule has 0 saturated heterocycles. The van der Waals surface area contributed by atoms with Crippen molar-refractivity contribution in [2.24, 2.45) is 0 Å². The second kappa shape index (κ2) is 6.97. The van der Waals surface area contributed by atoms with Crippen molar-refractivity contribution in [3.63, 3.8) is 0 Å². The van der Waals surface area contributed by atoms with Gasteiger partial charge < -0.3 is 10.2 Å². The first-order chi connectivity index (χ1) is 7.97. The topological polar surface area (TPSA) is 43.7 Å². The third kappa shape index (κ3) is 6.03. The Morgan fingerprint density at radius 1 is 1.18 bits per heavy atom. The average molecular weight is 258 g/mol. The molecular formula is C13H20ClNO2. The molecule has 1 aromatic carbocycles. The minimum Gasteiger partial charge on any atom is -0.392 e. The van der Waals surface area contributed by atoms with E-state index < -0.39 is 12.2 Å². The van der Waals surface area contributed by atoms with Gasteiger partial charge in [-0.25, -0.2) is 0 Å². The quantitative estimate of drug-likeness (QED) is 0.818. The SMILES string of the molecule is C[C@H](O)CN(Cc1cccc(Cl)c1)C[C@H](C)O. The molecule has 2 atom stereocenters. The summed E-state index contributed by atoms with van der Waals surface area (Å²) in [5.74, 6) is 0. The lowest BCUT2D eigenvalue weighted by Gasteiger charge is -2.25. The summed E-state index contributed by atoms with van der Waals surface area (Å²) in [5.41, 5.74) is 1.08. The summed E-state index contributed by atoms with van der Waals surface area (Å²) in [6.07, 6.45) is -0.819. The number of nitrogens with zero attached hydrogens (tertiary/aromatic N) is 1. The molecule has 3 nitrogen and oxygen atoms in total. The van der Waals surface area contributed by atoms with Crippen LogP contribution in [-0.2, 0) is 6.54 Å². The lowest BCUT2D eigenvalue weighted by Crippen LogP contribution is -2.35. The van der Waals surface area contributed by atoms with Crippen molar-refractivity contribution in [2.75, 3.05) is 13.1 Å². The maximum Gasteiger partial charge on any atom is 0.0639 e. The first kappa shape index (κ1) is 14.5. The fraction of sp³-hybridized carbons (Fsp3) is 0.538. The molecule has 1 aromatic rings. The molecule has 0 aliphatic rings. The number of hydrogen-bond donors (Lipinski definition) is 2. The maximum atomic E-state index is 9.42. The highest BCUT2D eigenvalue weighted by Gasteiger charge is 2.11. The molecule has 0 bridgehead atoms. The van der Waals surface area contributed by atoms with Gasteiger partial charge in [-0.1, -0.05) is 23.7 Å². The number of aliphatic hydroxyl groups excluding tert-OH is 2. The van der Waals surface area contributed by atoms with Gasteiger partial charge in [-0.15, -0.1) is 0 Å². The van der Waals surface area contributed by atoms with Crippen LogP contribution in [0.15, 0.2) is 24.3 Å². The van der Waals surface area contributed by atoms with Gasteiger partial charge >= 0.3 is 0 Å². The minimum absolute atomic E-state index is 0.409. The van der Waals surface area contributed by atoms with E-state index in [9.17, 15) is 10.2 Å². The van der Waals surface area contributed by atoms with E-state index in [1.807, 2.05) is 29.2 Å². The molecule has 2 N–H and O–H groups in total. The van der Waals surface area contributed by atoms with E-state index >= 15 is 0 Å². The molecule has 1 rings (SSSR count). The van der Waals surface area contributed by atoms with Crippen LogP contribution in [0.5, 0.6) is 0 Å². The van der Waals surface area contributed by atoms with E-state index in [-0.39, 0.29) is 0 Å². The minimum atomic E-state index is -0.409. The van der Waals surface area contributed by atoms with E-state index in [0.717, 1.165) is 5.56 Å². The smallest absolute Gasteiger partial charge is 0.0639 e. The predicted molar refractivity (Wildman–Crippen MR) is 70.1 cm³/mol. The standard InChI is InChI=1S/C13H20ClNO2/c1-10(16)7-15(8-11(2)17)9-12-4-3-5-13(14)6-12/h3-6,10-11,16-17H,7-9H2,1-2H3/t10-,11-/m0/s1. The third-order valence-electron chi connectivity index (χ3n) is 2.34. The van der Waals surface area contributed by atoms with Gasteiger partial charge in [-0.2, -0.15) is 0 Å². The Morgan fingerprint density at radius 3 is 2.24 bits per heavy atom. The number of halogens is 1. The Kier molecular flexibility index (Phi) is 5.92. The first-order valence-electron chi connectivity index (χ1n) is 5.80. The zero-order valence-electron chi connectivity index (χ0n) is 10.3. The lowest BCUT2D eigenvalue weighted by molar-refractivity contribution is 0.0794. The van der Waals surface area contributed by atoms with Crippen LogP contribution in [0.4, 0.5) is 0 Å². The fourth-order valence-corrected chi connectivity index (χ4v) is 2.06. The summed E-state index contributed by atoms with van der Waals surface area (Å²) < 4.78 is 0. The van der Waals surface area contributed by atoms with Crippen LogP contribution in [-0.4, -0.2) is 40.4 Å². The highest BCUT2D eigenvalue weighted by molar-refractivity contribution is 6.30. The van der Waals surface area contributed by atoms with Gasteiger partial charge in [0.05, 0.1) is 12.2 Å². The molecule has 17 heavy (non-hydrogen) atoms. The van der Waals surface area contributed by atoms with Crippen molar-refractivity contribution < 1.29 is 10.2 Å². The number of aliphatic hydroxyl groups is 2. The Labute approximate surface area is 108 Å². The number of rotatable bonds is 6. The van der Waals surface area contributed by atoms with E-state index in [4.69, 9.17) is 11.6 Å². The van der Waals surface area contributed by atoms with Gasteiger partial charge in [0.2, 0.25) is 0 Å². The van der Waals surface area contributed by atoms with Gasteiger partial charge in [0.1, 0.15) is 0 Å². The van der Waals surface area contributed by atoms with Gasteiger partial charge in [0.15, 0.2) is 0 Å². The molecule has 0 fully saturated rings. The maximum absolute atomic E-state index is 9.42. The summed E-state index contributed by atoms with van der Waals surface area (Å²) in [7, 11) is 0. The molecular weight excluding hydrogens is 238 g/mol. The van der Waals surface area contributed by atoms with Crippen molar-refractivity contribution in [1.29, 1.82) is 0 Å². The molecule has 0 aliphatic carbocycles. The number of benzene rings is 1. The second-order valence-corrected chi connectivity index (χ2v) is 4.96. The molecule has 96 valence electrons. The second-order valence-electron chi connectivity index (χ2n) is 4.52. The third-order valence-corrected chi connectivity index (χ3v) is 2.58. The van der Waals surface area contributed by atoms with Crippen molar-refractivity contribution in [2.45, 2.75) is 32.6 Å². The van der Waals surface area contributed by atoms with E-state index in [1.54, 1.807) is 13.8 Å². The molecule has 0 saturated carbocycles. The van der Waals surface area contributed by atoms with Crippen LogP contribution >= 0.6 is 11.6 Å². The highest BCUT2D eigenvalue weighted by atomic mass is 35.5. The van der Waals surface area contributed by atoms with E-state index in [2.05, 4.69) is 0 Å². The normalized spacial score (nSPS) is 14.9. The molecule has 0 spiro atoms. The van der Waals surface area contributed by atoms with Crippen molar-refractivity contribution in [1.82, 2.24) is 4.90 Å². The van der Waals surface area contributed by atoms with Gasteiger partial charge in [-0.3, -0.25) is 4.90 Å². The lowest BCUT2D eigenvalue weighted by atomic mass is 10.2. The van der Waals surface area contributed by atoms with Gasteiger partial charge in [0, 0.05) is 24.7 Å². The van der Waals surface area contributed by atoms with Gasteiger partial charge in [-0.05, 0) is 31.5 Å². The predicted octanol–water partition coefficient (Wildman–Crippen LogP) is 1.90. The molecule has 0 radical (unpaired) electrons. The van der Waals surface area contributed by atoms with Crippen LogP contribution in [0.1, 0.15) is 19.4 Å². The summed E-state index contributed by atoms with van der Waals surface area (Å²) >= 11 is 5.92. The highest BCUT2D eigenvalue weighted by Crippen LogP contribution is 2.13. The fourth-order valence-electron chi connectivity index (χ4n) is 1.84. The zero-order valence-corrected chi connectivity index (χ0v) is 11.1. The van der Waals surface area contributed by atoms with Crippen LogP contribution in [0.3, 0.4) is 0 Å². The monoisotopic (exact) mass is 257 g/mol. The van der Waals surface area contributed by atoms with E-state index in [0.29, 0.717) is 24.7 Å². The Morgan fingerprint density at radius 2 is 1.76 bits per heavy atom. The van der Waals surface area contributed by atoms with Gasteiger partial charge in [0.25, 0.3) is 0 Å². The van der Waals surface area contributed by atoms with E-state index in [1.165, 1.54) is 0 Å². The van der Waals surface area contributed by atoms with Crippen molar-refractivity contribution in [3.8, 4) is 0 Å². The largest absolute Gasteiger partial charge is 0.392 e. The summed E-state index contributed by atoms with van der Waals surface area (Å²) in [6, 6.07) is 7.63. The molecule has 0 aromatic heterocycles. The van der Waals surface area contributed by atoms with Crippen LogP contribution in [0.2, 0.25) is 5.02 Å². The summed E-state index contributed by atoms with van der Waals surface area (Å²) in [4.78, 5) is 2.01. The van der Waals surface area contributed by atoms with Crippen LogP contribution in [0, 0.1) is 0 Å². The van der Waals surface area contributed by atoms with Crippen LogP contribution < -0.4 is 0 Å². The molecule has 0 heterocycles. The molecule has 4 heteroatoms. The van der Waals surface area contributed by atoms with Crippen molar-refractivity contribution >= 4 is 11.6 Å². The van der Waals surface area contributed by atoms with Crippen molar-refractivity contribution in [3.05, 3.63) is 34.9 Å². The number of hydrogen-bond acceptors (Lipinski definition) is 3. The average Bonchev–Trinajstić information content (AvgIpc) is 2.14. The summed E-state index contributed by atoms with van der Waals surface area (Å²) in [5, 5.41) is 19.5. The van der Waals surface area contributed by atoms with Crippen LogP contribution in [0.25, 0.3) is 0 Å². The first-order valence-corrected chi connectivity index (χ1v) is 6.18. The zero-order chi connectivity index (χ0) is 12.8. The Hall–Kier alpha value is -0.610. The Balaban J connectivity index is 2.64.